The van der Waals surface area contributed by atoms with Crippen molar-refractivity contribution in [2.75, 3.05) is 13.0 Å². The number of hydrogen-bond acceptors (Lipinski definition) is 3. The lowest BCUT2D eigenvalue weighted by atomic mass is 10.2. The van der Waals surface area contributed by atoms with E-state index in [9.17, 15) is 0 Å². The van der Waals surface area contributed by atoms with Gasteiger partial charge in [-0.2, -0.15) is 4.98 Å². The molecule has 86 valence electrons. The summed E-state index contributed by atoms with van der Waals surface area (Å²) < 4.78 is 5.05. The van der Waals surface area contributed by atoms with Gasteiger partial charge < -0.3 is 9.72 Å². The van der Waals surface area contributed by atoms with Gasteiger partial charge in [-0.15, -0.1) is 11.6 Å². The molecule has 0 saturated carbocycles. The molecule has 0 aliphatic rings. The first kappa shape index (κ1) is 11.2. The van der Waals surface area contributed by atoms with Gasteiger partial charge >= 0.3 is 0 Å². The lowest BCUT2D eigenvalue weighted by Crippen LogP contribution is -1.89. The van der Waals surface area contributed by atoms with E-state index in [1.54, 1.807) is 7.11 Å². The van der Waals surface area contributed by atoms with Crippen LogP contribution in [0.1, 0.15) is 18.7 Å². The Balaban J connectivity index is 2.16. The van der Waals surface area contributed by atoms with E-state index in [0.717, 1.165) is 30.6 Å². The molecule has 0 aliphatic heterocycles. The third kappa shape index (κ3) is 2.44. The summed E-state index contributed by atoms with van der Waals surface area (Å²) in [4.78, 5) is 11.9. The summed E-state index contributed by atoms with van der Waals surface area (Å²) in [6, 6.07) is 3.75. The number of methoxy groups -OCH3 is 1. The Kier molecular flexibility index (Phi) is 3.62. The van der Waals surface area contributed by atoms with E-state index < -0.39 is 0 Å². The van der Waals surface area contributed by atoms with Crippen LogP contribution in [0.4, 0.5) is 0 Å². The van der Waals surface area contributed by atoms with Gasteiger partial charge in [-0.05, 0) is 18.9 Å². The molecule has 0 bridgehead atoms. The first-order valence-electron chi connectivity index (χ1n) is 5.29. The van der Waals surface area contributed by atoms with E-state index in [1.165, 1.54) is 0 Å². The molecule has 5 heteroatoms. The molecule has 0 radical (unpaired) electrons. The third-order valence-electron chi connectivity index (χ3n) is 2.38. The van der Waals surface area contributed by atoms with Gasteiger partial charge in [0.15, 0.2) is 5.65 Å². The molecular formula is C11H14ClN3O. The number of H-pyrrole nitrogens is 1. The quantitative estimate of drug-likeness (QED) is 0.644. The maximum Gasteiger partial charge on any atom is 0.215 e. The standard InChI is InChI=1S/C11H14ClN3O/c1-16-10-6-5-8-11(15-10)14-9(13-8)4-2-3-7-12/h5-6H,2-4,7H2,1H3,(H,13,14,15). The second-order valence-corrected chi connectivity index (χ2v) is 3.93. The molecule has 0 aromatic carbocycles. The van der Waals surface area contributed by atoms with Crippen molar-refractivity contribution in [3.05, 3.63) is 18.0 Å². The number of fused-ring (bicyclic) bond motifs is 1. The molecule has 0 spiro atoms. The summed E-state index contributed by atoms with van der Waals surface area (Å²) in [5.74, 6) is 2.25. The van der Waals surface area contributed by atoms with Gasteiger partial charge in [-0.1, -0.05) is 0 Å². The Hall–Kier alpha value is -1.29. The van der Waals surface area contributed by atoms with Crippen LogP contribution in [0.2, 0.25) is 0 Å². The van der Waals surface area contributed by atoms with E-state index in [-0.39, 0.29) is 0 Å². The number of rotatable bonds is 5. The number of pyridine rings is 1. The minimum atomic E-state index is 0.589. The number of alkyl halides is 1. The number of nitrogens with one attached hydrogen (secondary N) is 1. The normalized spacial score (nSPS) is 10.9. The topological polar surface area (TPSA) is 50.8 Å². The van der Waals surface area contributed by atoms with E-state index in [2.05, 4.69) is 15.0 Å². The van der Waals surface area contributed by atoms with E-state index in [1.807, 2.05) is 12.1 Å². The summed E-state index contributed by atoms with van der Waals surface area (Å²) in [5.41, 5.74) is 1.65. The fourth-order valence-electron chi connectivity index (χ4n) is 1.54. The van der Waals surface area contributed by atoms with Crippen molar-refractivity contribution in [1.82, 2.24) is 15.0 Å². The van der Waals surface area contributed by atoms with Gasteiger partial charge in [0.25, 0.3) is 0 Å². The van der Waals surface area contributed by atoms with Gasteiger partial charge in [0.1, 0.15) is 5.82 Å². The second-order valence-electron chi connectivity index (χ2n) is 3.55. The number of halogens is 1. The number of imidazole rings is 1. The lowest BCUT2D eigenvalue weighted by Gasteiger charge is -1.95. The first-order valence-corrected chi connectivity index (χ1v) is 5.82. The zero-order chi connectivity index (χ0) is 11.4. The molecule has 0 fully saturated rings. The third-order valence-corrected chi connectivity index (χ3v) is 2.64. The van der Waals surface area contributed by atoms with Crippen molar-refractivity contribution in [2.45, 2.75) is 19.3 Å². The van der Waals surface area contributed by atoms with Crippen LogP contribution in [0.15, 0.2) is 12.1 Å². The molecule has 2 rings (SSSR count). The number of aromatic nitrogens is 3. The van der Waals surface area contributed by atoms with Crippen molar-refractivity contribution >= 4 is 22.8 Å². The number of ether oxygens (including phenoxy) is 1. The molecular weight excluding hydrogens is 226 g/mol. The summed E-state index contributed by atoms with van der Waals surface area (Å²) in [7, 11) is 1.60. The molecule has 1 N–H and O–H groups in total. The molecule has 2 aromatic rings. The Labute approximate surface area is 99.0 Å². The summed E-state index contributed by atoms with van der Waals surface area (Å²) in [6.07, 6.45) is 2.96. The number of nitrogens with zero attached hydrogens (tertiary/aromatic N) is 2. The van der Waals surface area contributed by atoms with E-state index in [4.69, 9.17) is 16.3 Å². The van der Waals surface area contributed by atoms with Crippen LogP contribution in [0, 0.1) is 0 Å². The summed E-state index contributed by atoms with van der Waals surface area (Å²) >= 11 is 5.63. The van der Waals surface area contributed by atoms with Crippen molar-refractivity contribution in [2.24, 2.45) is 0 Å². The molecule has 16 heavy (non-hydrogen) atoms. The highest BCUT2D eigenvalue weighted by Gasteiger charge is 2.04. The predicted molar refractivity (Wildman–Crippen MR) is 64.1 cm³/mol. The molecule has 2 aromatic heterocycles. The van der Waals surface area contributed by atoms with Crippen LogP contribution in [-0.4, -0.2) is 27.9 Å². The first-order chi connectivity index (χ1) is 7.83. The van der Waals surface area contributed by atoms with Gasteiger partial charge in [-0.25, -0.2) is 4.98 Å². The Morgan fingerprint density at radius 3 is 2.94 bits per heavy atom. The maximum absolute atomic E-state index is 5.63. The average Bonchev–Trinajstić information content (AvgIpc) is 2.70. The van der Waals surface area contributed by atoms with Gasteiger partial charge in [0.05, 0.1) is 12.6 Å². The lowest BCUT2D eigenvalue weighted by molar-refractivity contribution is 0.399. The zero-order valence-electron chi connectivity index (χ0n) is 9.16. The molecule has 4 nitrogen and oxygen atoms in total. The van der Waals surface area contributed by atoms with Crippen molar-refractivity contribution in [3.63, 3.8) is 0 Å². The molecule has 0 saturated heterocycles. The molecule has 0 aliphatic carbocycles. The fourth-order valence-corrected chi connectivity index (χ4v) is 1.73. The smallest absolute Gasteiger partial charge is 0.215 e. The minimum absolute atomic E-state index is 0.589. The molecule has 2 heterocycles. The highest BCUT2D eigenvalue weighted by molar-refractivity contribution is 6.17. The minimum Gasteiger partial charge on any atom is -0.481 e. The predicted octanol–water partition coefficient (Wildman–Crippen LogP) is 2.53. The SMILES string of the molecule is COc1ccc2[nH]c(CCCCCl)nc2n1. The highest BCUT2D eigenvalue weighted by Crippen LogP contribution is 2.15. The van der Waals surface area contributed by atoms with Crippen molar-refractivity contribution < 1.29 is 4.74 Å². The average molecular weight is 240 g/mol. The zero-order valence-corrected chi connectivity index (χ0v) is 9.92. The van der Waals surface area contributed by atoms with E-state index in [0.29, 0.717) is 17.4 Å². The van der Waals surface area contributed by atoms with Crippen LogP contribution >= 0.6 is 11.6 Å². The van der Waals surface area contributed by atoms with E-state index >= 15 is 0 Å². The number of unbranched alkanes of at least 4 members (excludes halogenated alkanes) is 1. The monoisotopic (exact) mass is 239 g/mol. The van der Waals surface area contributed by atoms with Crippen LogP contribution in [-0.2, 0) is 6.42 Å². The Morgan fingerprint density at radius 1 is 1.31 bits per heavy atom. The second kappa shape index (κ2) is 5.16. The molecule has 0 amide bonds. The van der Waals surface area contributed by atoms with Crippen LogP contribution in [0.3, 0.4) is 0 Å². The van der Waals surface area contributed by atoms with Crippen LogP contribution < -0.4 is 4.74 Å². The largest absolute Gasteiger partial charge is 0.481 e. The molecule has 0 atom stereocenters. The molecule has 0 unspecified atom stereocenters. The number of aromatic amines is 1. The van der Waals surface area contributed by atoms with Crippen LogP contribution in [0.5, 0.6) is 5.88 Å². The number of hydrogen-bond donors (Lipinski definition) is 1. The fraction of sp³-hybridized carbons (Fsp3) is 0.455. The Morgan fingerprint density at radius 2 is 2.19 bits per heavy atom. The summed E-state index contributed by atoms with van der Waals surface area (Å²) in [5, 5.41) is 0. The van der Waals surface area contributed by atoms with Crippen molar-refractivity contribution in [1.29, 1.82) is 0 Å². The van der Waals surface area contributed by atoms with Crippen LogP contribution in [0.25, 0.3) is 11.2 Å². The van der Waals surface area contributed by atoms with Crippen molar-refractivity contribution in [3.8, 4) is 5.88 Å². The maximum atomic E-state index is 5.63. The number of aryl methyl sites for hydroxylation is 1. The highest BCUT2D eigenvalue weighted by atomic mass is 35.5. The summed E-state index contributed by atoms with van der Waals surface area (Å²) in [6.45, 7) is 0. The van der Waals surface area contributed by atoms with Gasteiger partial charge in [0.2, 0.25) is 5.88 Å². The van der Waals surface area contributed by atoms with Gasteiger partial charge in [-0.3, -0.25) is 0 Å². The van der Waals surface area contributed by atoms with Gasteiger partial charge in [0, 0.05) is 18.4 Å². The Bertz CT molecular complexity index is 469.